The molecule has 5 heteroatoms. The molecule has 0 aliphatic rings. The van der Waals surface area contributed by atoms with Crippen molar-refractivity contribution in [3.63, 3.8) is 0 Å². The van der Waals surface area contributed by atoms with Crippen molar-refractivity contribution >= 4 is 49.8 Å². The molecule has 0 saturated heterocycles. The standard InChI is InChI=1S/C19H12BrNO2S/c20-14-7-3-5-12-11-16(23-18(12)14)19(22)21-15-8-2-1-6-13(15)17-9-4-10-24-17/h1-11H,(H,21,22). The van der Waals surface area contributed by atoms with Gasteiger partial charge in [0.05, 0.1) is 4.47 Å². The second-order valence-electron chi connectivity index (χ2n) is 5.25. The van der Waals surface area contributed by atoms with Crippen LogP contribution < -0.4 is 5.32 Å². The summed E-state index contributed by atoms with van der Waals surface area (Å²) in [5.74, 6) is 0.0278. The van der Waals surface area contributed by atoms with Gasteiger partial charge in [0, 0.05) is 21.5 Å². The van der Waals surface area contributed by atoms with Crippen molar-refractivity contribution in [2.75, 3.05) is 5.32 Å². The molecule has 0 radical (unpaired) electrons. The molecule has 2 aromatic heterocycles. The number of amides is 1. The number of hydrogen-bond acceptors (Lipinski definition) is 3. The van der Waals surface area contributed by atoms with Crippen molar-refractivity contribution in [2.24, 2.45) is 0 Å². The van der Waals surface area contributed by atoms with Gasteiger partial charge in [-0.05, 0) is 45.6 Å². The number of nitrogens with one attached hydrogen (secondary N) is 1. The summed E-state index contributed by atoms with van der Waals surface area (Å²) in [7, 11) is 0. The minimum absolute atomic E-state index is 0.262. The number of benzene rings is 2. The molecule has 0 atom stereocenters. The molecular formula is C19H12BrNO2S. The topological polar surface area (TPSA) is 42.2 Å². The number of anilines is 1. The lowest BCUT2D eigenvalue weighted by Gasteiger charge is -2.08. The largest absolute Gasteiger partial charge is 0.450 e. The average Bonchev–Trinajstić information content (AvgIpc) is 3.25. The third-order valence-corrected chi connectivity index (χ3v) is 5.21. The maximum Gasteiger partial charge on any atom is 0.291 e. The van der Waals surface area contributed by atoms with E-state index in [4.69, 9.17) is 4.42 Å². The molecule has 4 aromatic rings. The van der Waals surface area contributed by atoms with E-state index in [0.29, 0.717) is 5.58 Å². The lowest BCUT2D eigenvalue weighted by Crippen LogP contribution is -2.11. The van der Waals surface area contributed by atoms with E-state index in [-0.39, 0.29) is 11.7 Å². The van der Waals surface area contributed by atoms with Crippen molar-refractivity contribution in [3.05, 3.63) is 76.3 Å². The Morgan fingerprint density at radius 2 is 1.92 bits per heavy atom. The van der Waals surface area contributed by atoms with Crippen LogP contribution in [0.25, 0.3) is 21.4 Å². The second-order valence-corrected chi connectivity index (χ2v) is 7.05. The van der Waals surface area contributed by atoms with Crippen molar-refractivity contribution in [2.45, 2.75) is 0 Å². The lowest BCUT2D eigenvalue weighted by molar-refractivity contribution is 0.0998. The summed E-state index contributed by atoms with van der Waals surface area (Å²) in [5.41, 5.74) is 2.44. The molecule has 24 heavy (non-hydrogen) atoms. The number of carbonyl (C=O) groups excluding carboxylic acids is 1. The predicted molar refractivity (Wildman–Crippen MR) is 102 cm³/mol. The van der Waals surface area contributed by atoms with E-state index in [9.17, 15) is 4.79 Å². The molecule has 2 heterocycles. The summed E-state index contributed by atoms with van der Waals surface area (Å²) in [6.45, 7) is 0. The van der Waals surface area contributed by atoms with Gasteiger partial charge in [0.25, 0.3) is 5.91 Å². The molecule has 3 nitrogen and oxygen atoms in total. The minimum atomic E-state index is -0.262. The Labute approximate surface area is 151 Å². The summed E-state index contributed by atoms with van der Waals surface area (Å²) < 4.78 is 6.54. The van der Waals surface area contributed by atoms with Crippen LogP contribution >= 0.6 is 27.3 Å². The smallest absolute Gasteiger partial charge is 0.291 e. The first-order chi connectivity index (χ1) is 11.7. The molecule has 2 aromatic carbocycles. The molecule has 0 aliphatic heterocycles. The summed E-state index contributed by atoms with van der Waals surface area (Å²) in [4.78, 5) is 13.7. The van der Waals surface area contributed by atoms with E-state index in [1.165, 1.54) is 0 Å². The monoisotopic (exact) mass is 397 g/mol. The Hall–Kier alpha value is -2.37. The van der Waals surface area contributed by atoms with Crippen LogP contribution in [0.1, 0.15) is 10.6 Å². The highest BCUT2D eigenvalue weighted by Gasteiger charge is 2.15. The maximum atomic E-state index is 12.6. The van der Waals surface area contributed by atoms with E-state index < -0.39 is 0 Å². The van der Waals surface area contributed by atoms with Crippen LogP contribution in [-0.4, -0.2) is 5.91 Å². The fourth-order valence-corrected chi connectivity index (χ4v) is 3.79. The van der Waals surface area contributed by atoms with Crippen LogP contribution in [0.2, 0.25) is 0 Å². The SMILES string of the molecule is O=C(Nc1ccccc1-c1cccs1)c1cc2cccc(Br)c2o1. The number of carbonyl (C=O) groups is 1. The fourth-order valence-electron chi connectivity index (χ4n) is 2.56. The molecule has 1 N–H and O–H groups in total. The van der Waals surface area contributed by atoms with Crippen LogP contribution in [-0.2, 0) is 0 Å². The van der Waals surface area contributed by atoms with E-state index in [1.54, 1.807) is 17.4 Å². The highest BCUT2D eigenvalue weighted by Crippen LogP contribution is 2.32. The Balaban J connectivity index is 1.68. The first-order valence-corrected chi connectivity index (χ1v) is 9.02. The quantitative estimate of drug-likeness (QED) is 0.448. The zero-order valence-electron chi connectivity index (χ0n) is 12.5. The van der Waals surface area contributed by atoms with Gasteiger partial charge in [-0.2, -0.15) is 0 Å². The first kappa shape index (κ1) is 15.2. The molecule has 4 rings (SSSR count). The van der Waals surface area contributed by atoms with Gasteiger partial charge in [-0.3, -0.25) is 4.79 Å². The van der Waals surface area contributed by atoms with Crippen LogP contribution in [0.15, 0.2) is 74.9 Å². The summed E-state index contributed by atoms with van der Waals surface area (Å²) in [5, 5.41) is 5.86. The number of hydrogen-bond donors (Lipinski definition) is 1. The van der Waals surface area contributed by atoms with Gasteiger partial charge in [0.1, 0.15) is 5.58 Å². The van der Waals surface area contributed by atoms with Gasteiger partial charge < -0.3 is 9.73 Å². The Kier molecular flexibility index (Phi) is 3.96. The van der Waals surface area contributed by atoms with E-state index in [2.05, 4.69) is 21.2 Å². The van der Waals surface area contributed by atoms with Crippen molar-refractivity contribution in [1.29, 1.82) is 0 Å². The Bertz CT molecular complexity index is 1020. The number of furan rings is 1. The highest BCUT2D eigenvalue weighted by atomic mass is 79.9. The third-order valence-electron chi connectivity index (χ3n) is 3.68. The maximum absolute atomic E-state index is 12.6. The van der Waals surface area contributed by atoms with E-state index in [0.717, 1.165) is 26.0 Å². The molecule has 0 unspecified atom stereocenters. The molecule has 0 fully saturated rings. The molecule has 1 amide bonds. The number of para-hydroxylation sites is 2. The van der Waals surface area contributed by atoms with Crippen molar-refractivity contribution in [3.8, 4) is 10.4 Å². The molecule has 0 bridgehead atoms. The minimum Gasteiger partial charge on any atom is -0.450 e. The van der Waals surface area contributed by atoms with E-state index >= 15 is 0 Å². The van der Waals surface area contributed by atoms with Gasteiger partial charge in [0.15, 0.2) is 5.76 Å². The number of thiophene rings is 1. The normalized spacial score (nSPS) is 10.9. The molecule has 0 spiro atoms. The first-order valence-electron chi connectivity index (χ1n) is 7.35. The van der Waals surface area contributed by atoms with Gasteiger partial charge in [-0.1, -0.05) is 36.4 Å². The zero-order valence-corrected chi connectivity index (χ0v) is 14.9. The lowest BCUT2D eigenvalue weighted by atomic mass is 10.1. The van der Waals surface area contributed by atoms with E-state index in [1.807, 2.05) is 60.0 Å². The fraction of sp³-hybridized carbons (Fsp3) is 0. The van der Waals surface area contributed by atoms with Gasteiger partial charge in [0.2, 0.25) is 0 Å². The molecular weight excluding hydrogens is 386 g/mol. The summed E-state index contributed by atoms with van der Waals surface area (Å²) in [6, 6.07) is 19.3. The summed E-state index contributed by atoms with van der Waals surface area (Å²) in [6.07, 6.45) is 0. The Morgan fingerprint density at radius 1 is 1.04 bits per heavy atom. The number of halogens is 1. The molecule has 0 saturated carbocycles. The molecule has 118 valence electrons. The van der Waals surface area contributed by atoms with Crippen LogP contribution in [0, 0.1) is 0 Å². The van der Waals surface area contributed by atoms with Gasteiger partial charge >= 0.3 is 0 Å². The number of rotatable bonds is 3. The molecule has 0 aliphatic carbocycles. The second kappa shape index (κ2) is 6.26. The van der Waals surface area contributed by atoms with Crippen molar-refractivity contribution in [1.82, 2.24) is 0 Å². The Morgan fingerprint density at radius 3 is 2.71 bits per heavy atom. The average molecular weight is 398 g/mol. The highest BCUT2D eigenvalue weighted by molar-refractivity contribution is 9.10. The third kappa shape index (κ3) is 2.77. The van der Waals surface area contributed by atoms with Crippen LogP contribution in [0.3, 0.4) is 0 Å². The van der Waals surface area contributed by atoms with Gasteiger partial charge in [-0.15, -0.1) is 11.3 Å². The van der Waals surface area contributed by atoms with Crippen molar-refractivity contribution < 1.29 is 9.21 Å². The van der Waals surface area contributed by atoms with Crippen LogP contribution in [0.5, 0.6) is 0 Å². The van der Waals surface area contributed by atoms with Crippen LogP contribution in [0.4, 0.5) is 5.69 Å². The predicted octanol–water partition coefficient (Wildman–Crippen LogP) is 6.18. The van der Waals surface area contributed by atoms with Gasteiger partial charge in [-0.25, -0.2) is 0 Å². The summed E-state index contributed by atoms with van der Waals surface area (Å²) >= 11 is 5.08. The zero-order chi connectivity index (χ0) is 16.5. The number of fused-ring (bicyclic) bond motifs is 1.